The highest BCUT2D eigenvalue weighted by atomic mass is 16.6. The largest absolute Gasteiger partial charge is 0.479 e. The quantitative estimate of drug-likeness (QED) is 0.581. The average Bonchev–Trinajstić information content (AvgIpc) is 2.30. The van der Waals surface area contributed by atoms with Crippen molar-refractivity contribution in [2.75, 3.05) is 6.61 Å². The second kappa shape index (κ2) is 6.03. The van der Waals surface area contributed by atoms with Crippen molar-refractivity contribution in [3.63, 3.8) is 0 Å². The van der Waals surface area contributed by atoms with Crippen LogP contribution in [0.4, 0.5) is 0 Å². The lowest BCUT2D eigenvalue weighted by atomic mass is 10.1. The van der Waals surface area contributed by atoms with Crippen LogP contribution in [0.5, 0.6) is 5.75 Å². The summed E-state index contributed by atoms with van der Waals surface area (Å²) in [7, 11) is 0. The van der Waals surface area contributed by atoms with E-state index >= 15 is 0 Å². The molecule has 92 valence electrons. The number of ether oxygens (including phenoxy) is 2. The zero-order chi connectivity index (χ0) is 12.8. The Bertz CT molecular complexity index is 394. The monoisotopic (exact) mass is 236 g/mol. The molecular formula is C13H16O4. The van der Waals surface area contributed by atoms with E-state index in [1.165, 1.54) is 6.92 Å². The molecule has 4 nitrogen and oxygen atoms in total. The Morgan fingerprint density at radius 1 is 1.24 bits per heavy atom. The van der Waals surface area contributed by atoms with Gasteiger partial charge in [-0.05, 0) is 45.0 Å². The van der Waals surface area contributed by atoms with Gasteiger partial charge in [0.25, 0.3) is 0 Å². The second-order valence-corrected chi connectivity index (χ2v) is 3.59. The minimum atomic E-state index is -0.655. The molecular weight excluding hydrogens is 220 g/mol. The van der Waals surface area contributed by atoms with E-state index in [4.69, 9.17) is 9.47 Å². The maximum absolute atomic E-state index is 11.3. The van der Waals surface area contributed by atoms with Crippen molar-refractivity contribution in [2.45, 2.75) is 26.9 Å². The Hall–Kier alpha value is -1.84. The van der Waals surface area contributed by atoms with Crippen molar-refractivity contribution < 1.29 is 19.1 Å². The number of carbonyl (C=O) groups is 2. The van der Waals surface area contributed by atoms with Gasteiger partial charge in [-0.25, -0.2) is 4.79 Å². The maximum atomic E-state index is 11.3. The molecule has 0 heterocycles. The number of hydrogen-bond donors (Lipinski definition) is 0. The number of ketones is 1. The van der Waals surface area contributed by atoms with Gasteiger partial charge in [0.1, 0.15) is 5.75 Å². The summed E-state index contributed by atoms with van der Waals surface area (Å²) in [5, 5.41) is 0. The minimum Gasteiger partial charge on any atom is -0.479 e. The molecule has 0 aliphatic carbocycles. The topological polar surface area (TPSA) is 52.6 Å². The molecule has 0 saturated heterocycles. The van der Waals surface area contributed by atoms with E-state index in [9.17, 15) is 9.59 Å². The van der Waals surface area contributed by atoms with Gasteiger partial charge >= 0.3 is 5.97 Å². The Morgan fingerprint density at radius 3 is 2.29 bits per heavy atom. The standard InChI is InChI=1S/C13H16O4/c1-4-16-13(15)10(3)17-12-7-5-11(6-8-12)9(2)14/h5-8,10H,4H2,1-3H3/t10-/m1/s1. The van der Waals surface area contributed by atoms with Crippen LogP contribution in [0.25, 0.3) is 0 Å². The zero-order valence-electron chi connectivity index (χ0n) is 10.2. The lowest BCUT2D eigenvalue weighted by molar-refractivity contribution is -0.150. The molecule has 0 amide bonds. The van der Waals surface area contributed by atoms with Crippen LogP contribution in [-0.2, 0) is 9.53 Å². The summed E-state index contributed by atoms with van der Waals surface area (Å²) in [5.74, 6) is 0.133. The molecule has 0 N–H and O–H groups in total. The van der Waals surface area contributed by atoms with Crippen LogP contribution in [-0.4, -0.2) is 24.5 Å². The highest BCUT2D eigenvalue weighted by Gasteiger charge is 2.15. The average molecular weight is 236 g/mol. The SMILES string of the molecule is CCOC(=O)[C@@H](C)Oc1ccc(C(C)=O)cc1. The normalized spacial score (nSPS) is 11.7. The summed E-state index contributed by atoms with van der Waals surface area (Å²) in [5.41, 5.74) is 0.612. The van der Waals surface area contributed by atoms with Gasteiger partial charge in [0.2, 0.25) is 0 Å². The highest BCUT2D eigenvalue weighted by molar-refractivity contribution is 5.94. The van der Waals surface area contributed by atoms with Gasteiger partial charge in [0.15, 0.2) is 11.9 Å². The van der Waals surface area contributed by atoms with E-state index in [1.54, 1.807) is 38.1 Å². The Morgan fingerprint density at radius 2 is 1.82 bits per heavy atom. The van der Waals surface area contributed by atoms with Gasteiger partial charge in [-0.2, -0.15) is 0 Å². The molecule has 0 aromatic heterocycles. The van der Waals surface area contributed by atoms with Gasteiger partial charge in [0.05, 0.1) is 6.61 Å². The fourth-order valence-electron chi connectivity index (χ4n) is 1.28. The molecule has 4 heteroatoms. The molecule has 0 saturated carbocycles. The predicted molar refractivity (Wildman–Crippen MR) is 63.2 cm³/mol. The predicted octanol–water partition coefficient (Wildman–Crippen LogP) is 2.22. The highest BCUT2D eigenvalue weighted by Crippen LogP contribution is 2.14. The molecule has 17 heavy (non-hydrogen) atoms. The molecule has 0 aliphatic rings. The molecule has 0 fully saturated rings. The Balaban J connectivity index is 2.63. The van der Waals surface area contributed by atoms with Crippen LogP contribution in [0, 0.1) is 0 Å². The number of benzene rings is 1. The summed E-state index contributed by atoms with van der Waals surface area (Å²) in [6.07, 6.45) is -0.655. The zero-order valence-corrected chi connectivity index (χ0v) is 10.2. The Labute approximate surface area is 101 Å². The van der Waals surface area contributed by atoms with Crippen molar-refractivity contribution >= 4 is 11.8 Å². The van der Waals surface area contributed by atoms with Crippen molar-refractivity contribution in [3.05, 3.63) is 29.8 Å². The molecule has 1 atom stereocenters. The number of carbonyl (C=O) groups excluding carboxylic acids is 2. The molecule has 0 radical (unpaired) electrons. The fourth-order valence-corrected chi connectivity index (χ4v) is 1.28. The molecule has 0 unspecified atom stereocenters. The van der Waals surface area contributed by atoms with Crippen LogP contribution in [0.3, 0.4) is 0 Å². The van der Waals surface area contributed by atoms with Gasteiger partial charge in [-0.15, -0.1) is 0 Å². The van der Waals surface area contributed by atoms with Crippen molar-refractivity contribution in [2.24, 2.45) is 0 Å². The molecule has 0 aliphatic heterocycles. The third kappa shape index (κ3) is 3.90. The maximum Gasteiger partial charge on any atom is 0.347 e. The second-order valence-electron chi connectivity index (χ2n) is 3.59. The summed E-state index contributed by atoms with van der Waals surface area (Å²) >= 11 is 0. The van der Waals surface area contributed by atoms with Gasteiger partial charge < -0.3 is 9.47 Å². The summed E-state index contributed by atoms with van der Waals surface area (Å²) in [4.78, 5) is 22.4. The first-order valence-electron chi connectivity index (χ1n) is 5.49. The van der Waals surface area contributed by atoms with Crippen LogP contribution in [0.2, 0.25) is 0 Å². The Kier molecular flexibility index (Phi) is 4.69. The smallest absolute Gasteiger partial charge is 0.347 e. The van der Waals surface area contributed by atoms with Crippen LogP contribution in [0.1, 0.15) is 31.1 Å². The van der Waals surface area contributed by atoms with E-state index in [0.29, 0.717) is 17.9 Å². The molecule has 1 rings (SSSR count). The number of Topliss-reactive ketones (excluding diaryl/α,β-unsaturated/α-hetero) is 1. The van der Waals surface area contributed by atoms with Gasteiger partial charge in [-0.3, -0.25) is 4.79 Å². The fraction of sp³-hybridized carbons (Fsp3) is 0.385. The van der Waals surface area contributed by atoms with E-state index in [1.807, 2.05) is 0 Å². The van der Waals surface area contributed by atoms with Crippen LogP contribution in [0.15, 0.2) is 24.3 Å². The molecule has 0 bridgehead atoms. The first kappa shape index (κ1) is 13.2. The van der Waals surface area contributed by atoms with Gasteiger partial charge in [0, 0.05) is 5.56 Å². The first-order chi connectivity index (χ1) is 8.04. The van der Waals surface area contributed by atoms with E-state index in [-0.39, 0.29) is 5.78 Å². The molecule has 0 spiro atoms. The van der Waals surface area contributed by atoms with Crippen LogP contribution < -0.4 is 4.74 Å². The summed E-state index contributed by atoms with van der Waals surface area (Å²) in [6, 6.07) is 6.64. The number of esters is 1. The van der Waals surface area contributed by atoms with E-state index in [0.717, 1.165) is 0 Å². The van der Waals surface area contributed by atoms with Crippen molar-refractivity contribution in [3.8, 4) is 5.75 Å². The number of rotatable bonds is 5. The van der Waals surface area contributed by atoms with E-state index in [2.05, 4.69) is 0 Å². The van der Waals surface area contributed by atoms with Crippen molar-refractivity contribution in [1.82, 2.24) is 0 Å². The minimum absolute atomic E-state index is 0.00464. The van der Waals surface area contributed by atoms with Gasteiger partial charge in [-0.1, -0.05) is 0 Å². The summed E-state index contributed by atoms with van der Waals surface area (Å²) < 4.78 is 10.2. The lowest BCUT2D eigenvalue weighted by Gasteiger charge is -2.13. The van der Waals surface area contributed by atoms with Crippen molar-refractivity contribution in [1.29, 1.82) is 0 Å². The molecule has 1 aromatic rings. The molecule has 1 aromatic carbocycles. The first-order valence-corrected chi connectivity index (χ1v) is 5.49. The van der Waals surface area contributed by atoms with E-state index < -0.39 is 12.1 Å². The third-order valence-corrected chi connectivity index (χ3v) is 2.19. The van der Waals surface area contributed by atoms with Crippen LogP contribution >= 0.6 is 0 Å². The third-order valence-electron chi connectivity index (χ3n) is 2.19. The summed E-state index contributed by atoms with van der Waals surface area (Å²) in [6.45, 7) is 5.19. The lowest BCUT2D eigenvalue weighted by Crippen LogP contribution is -2.26. The number of hydrogen-bond acceptors (Lipinski definition) is 4.